The van der Waals surface area contributed by atoms with Crippen LogP contribution in [0.5, 0.6) is 0 Å². The molecular weight excluding hydrogens is 68.0 g/mol. The van der Waals surface area contributed by atoms with Gasteiger partial charge < -0.3 is 5.84 Å². The zero-order valence-corrected chi connectivity index (χ0v) is 2.51. The molecule has 0 rings (SSSR count). The highest BCUT2D eigenvalue weighted by Crippen LogP contribution is 1.29. The molecule has 2 N–H and O–H groups in total. The van der Waals surface area contributed by atoms with Crippen molar-refractivity contribution in [2.24, 2.45) is 10.9 Å². The SMILES string of the molecule is NN=C[C]=O. The number of nitrogens with zero attached hydrogens (tertiary/aromatic N) is 1. The third kappa shape index (κ3) is 3.14. The molecule has 0 saturated heterocycles. The van der Waals surface area contributed by atoms with Crippen LogP contribution < -0.4 is 5.84 Å². The van der Waals surface area contributed by atoms with Crippen LogP contribution in [0.2, 0.25) is 0 Å². The second kappa shape index (κ2) is 3.14. The Bertz CT molecular complexity index is 49.6. The molecule has 27 valence electrons. The summed E-state index contributed by atoms with van der Waals surface area (Å²) < 4.78 is 0. The largest absolute Gasteiger partial charge is 0.323 e. The van der Waals surface area contributed by atoms with Crippen LogP contribution in [0.15, 0.2) is 5.10 Å². The summed E-state index contributed by atoms with van der Waals surface area (Å²) in [6, 6.07) is 0. The highest BCUT2D eigenvalue weighted by Gasteiger charge is 1.53. The van der Waals surface area contributed by atoms with Crippen molar-refractivity contribution in [1.29, 1.82) is 0 Å². The Morgan fingerprint density at radius 1 is 2.00 bits per heavy atom. The topological polar surface area (TPSA) is 55.4 Å². The molecule has 0 saturated carbocycles. The van der Waals surface area contributed by atoms with Gasteiger partial charge in [-0.25, -0.2) is 0 Å². The molecule has 5 heavy (non-hydrogen) atoms. The summed E-state index contributed by atoms with van der Waals surface area (Å²) in [5.41, 5.74) is 0. The van der Waals surface area contributed by atoms with Crippen LogP contribution in [0.3, 0.4) is 0 Å². The fraction of sp³-hybridized carbons (Fsp3) is 0. The molecule has 1 radical (unpaired) electrons. The maximum absolute atomic E-state index is 9.05. The summed E-state index contributed by atoms with van der Waals surface area (Å²) in [7, 11) is 0. The quantitative estimate of drug-likeness (QED) is 0.246. The molecule has 3 heteroatoms. The van der Waals surface area contributed by atoms with E-state index in [2.05, 4.69) is 10.9 Å². The zero-order chi connectivity index (χ0) is 4.12. The van der Waals surface area contributed by atoms with Gasteiger partial charge in [0.2, 0.25) is 6.29 Å². The van der Waals surface area contributed by atoms with Crippen molar-refractivity contribution in [3.8, 4) is 0 Å². The lowest BCUT2D eigenvalue weighted by atomic mass is 10.9. The van der Waals surface area contributed by atoms with Crippen LogP contribution in [-0.2, 0) is 4.79 Å². The van der Waals surface area contributed by atoms with Gasteiger partial charge in [0.05, 0.1) is 6.21 Å². The highest BCUT2D eigenvalue weighted by molar-refractivity contribution is 6.13. The van der Waals surface area contributed by atoms with Crippen molar-refractivity contribution in [3.05, 3.63) is 0 Å². The van der Waals surface area contributed by atoms with Crippen molar-refractivity contribution in [3.63, 3.8) is 0 Å². The van der Waals surface area contributed by atoms with Gasteiger partial charge in [-0.15, -0.1) is 0 Å². The predicted octanol–water partition coefficient (Wildman–Crippen LogP) is -0.959. The second-order valence-electron chi connectivity index (χ2n) is 0.396. The first-order valence-electron chi connectivity index (χ1n) is 1.01. The van der Waals surface area contributed by atoms with Crippen LogP contribution in [0, 0.1) is 0 Å². The van der Waals surface area contributed by atoms with Crippen molar-refractivity contribution in [2.45, 2.75) is 0 Å². The van der Waals surface area contributed by atoms with Crippen molar-refractivity contribution < 1.29 is 4.79 Å². The molecule has 0 heterocycles. The minimum absolute atomic E-state index is 0.847. The molecular formula is C2H3N2O. The van der Waals surface area contributed by atoms with E-state index < -0.39 is 0 Å². The van der Waals surface area contributed by atoms with Gasteiger partial charge in [-0.2, -0.15) is 5.10 Å². The molecule has 0 aliphatic rings. The van der Waals surface area contributed by atoms with E-state index >= 15 is 0 Å². The smallest absolute Gasteiger partial charge is 0.247 e. The molecule has 0 aliphatic carbocycles. The van der Waals surface area contributed by atoms with Gasteiger partial charge in [0.15, 0.2) is 0 Å². The molecule has 0 amide bonds. The minimum atomic E-state index is 0.847. The Labute approximate surface area is 29.5 Å². The highest BCUT2D eigenvalue weighted by atomic mass is 16.1. The molecule has 0 aromatic rings. The molecule has 0 unspecified atom stereocenters. The van der Waals surface area contributed by atoms with Crippen molar-refractivity contribution in [2.75, 3.05) is 0 Å². The Morgan fingerprint density at radius 3 is 2.60 bits per heavy atom. The average Bonchev–Trinajstić information content (AvgIpc) is 1.41. The third-order valence-electron chi connectivity index (χ3n) is 0.127. The Morgan fingerprint density at radius 2 is 2.60 bits per heavy atom. The van der Waals surface area contributed by atoms with Gasteiger partial charge in [0.25, 0.3) is 0 Å². The minimum Gasteiger partial charge on any atom is -0.323 e. The van der Waals surface area contributed by atoms with E-state index in [1.165, 1.54) is 6.29 Å². The van der Waals surface area contributed by atoms with Gasteiger partial charge in [0, 0.05) is 0 Å². The number of hydrogen-bond acceptors (Lipinski definition) is 3. The van der Waals surface area contributed by atoms with E-state index in [4.69, 9.17) is 4.79 Å². The van der Waals surface area contributed by atoms with Gasteiger partial charge in [-0.05, 0) is 0 Å². The molecule has 0 spiro atoms. The summed E-state index contributed by atoms with van der Waals surface area (Å²) in [6.45, 7) is 0. The number of carbonyl (C=O) groups excluding carboxylic acids is 1. The maximum atomic E-state index is 9.05. The van der Waals surface area contributed by atoms with Gasteiger partial charge in [-0.3, -0.25) is 4.79 Å². The number of nitrogens with two attached hydrogens (primary N) is 1. The summed E-state index contributed by atoms with van der Waals surface area (Å²) in [5.74, 6) is 4.45. The lowest BCUT2D eigenvalue weighted by Crippen LogP contribution is -1.80. The molecule has 0 aromatic heterocycles. The Hall–Kier alpha value is -0.860. The fourth-order valence-electron chi connectivity index (χ4n) is 0.0304. The third-order valence-corrected chi connectivity index (χ3v) is 0.127. The molecule has 3 nitrogen and oxygen atoms in total. The number of rotatable bonds is 1. The predicted molar refractivity (Wildman–Crippen MR) is 18.4 cm³/mol. The van der Waals surface area contributed by atoms with E-state index in [0.29, 0.717) is 0 Å². The molecule has 0 fully saturated rings. The Balaban J connectivity index is 2.92. The second-order valence-corrected chi connectivity index (χ2v) is 0.396. The van der Waals surface area contributed by atoms with E-state index in [-0.39, 0.29) is 0 Å². The average molecular weight is 71.1 g/mol. The molecule has 0 bridgehead atoms. The number of hydrogen-bond donors (Lipinski definition) is 1. The van der Waals surface area contributed by atoms with Crippen LogP contribution in [0.1, 0.15) is 0 Å². The first-order chi connectivity index (χ1) is 2.41. The van der Waals surface area contributed by atoms with E-state index in [1.807, 2.05) is 0 Å². The van der Waals surface area contributed by atoms with E-state index in [0.717, 1.165) is 6.21 Å². The Kier molecular flexibility index (Phi) is 2.60. The normalized spacial score (nSPS) is 8.80. The molecule has 0 aliphatic heterocycles. The fourth-order valence-corrected chi connectivity index (χ4v) is 0.0304. The maximum Gasteiger partial charge on any atom is 0.247 e. The van der Waals surface area contributed by atoms with E-state index in [9.17, 15) is 0 Å². The molecule has 0 atom stereocenters. The van der Waals surface area contributed by atoms with Crippen LogP contribution in [0.4, 0.5) is 0 Å². The first kappa shape index (κ1) is 4.14. The standard InChI is InChI=1S/C2H3N2O/c3-4-1-2-5/h1H,3H2. The summed E-state index contributed by atoms with van der Waals surface area (Å²) >= 11 is 0. The van der Waals surface area contributed by atoms with E-state index in [1.54, 1.807) is 0 Å². The van der Waals surface area contributed by atoms with Crippen molar-refractivity contribution >= 4 is 12.5 Å². The van der Waals surface area contributed by atoms with Gasteiger partial charge >= 0.3 is 0 Å². The monoisotopic (exact) mass is 71.0 g/mol. The van der Waals surface area contributed by atoms with Crippen LogP contribution >= 0.6 is 0 Å². The van der Waals surface area contributed by atoms with Crippen LogP contribution in [0.25, 0.3) is 0 Å². The lowest BCUT2D eigenvalue weighted by molar-refractivity contribution is 0.567. The van der Waals surface area contributed by atoms with Gasteiger partial charge in [0.1, 0.15) is 0 Å². The molecule has 0 aromatic carbocycles. The van der Waals surface area contributed by atoms with Crippen molar-refractivity contribution in [1.82, 2.24) is 0 Å². The zero-order valence-electron chi connectivity index (χ0n) is 2.51. The summed E-state index contributed by atoms with van der Waals surface area (Å²) in [6.07, 6.45) is 2.20. The van der Waals surface area contributed by atoms with Gasteiger partial charge in [-0.1, -0.05) is 0 Å². The number of hydrazone groups is 1. The lowest BCUT2D eigenvalue weighted by Gasteiger charge is -1.54. The summed E-state index contributed by atoms with van der Waals surface area (Å²) in [4.78, 5) is 9.05. The summed E-state index contributed by atoms with van der Waals surface area (Å²) in [5, 5.41) is 2.81. The first-order valence-corrected chi connectivity index (χ1v) is 1.01. The van der Waals surface area contributed by atoms with Crippen LogP contribution in [-0.4, -0.2) is 12.5 Å².